The highest BCUT2D eigenvalue weighted by atomic mass is 32.1. The minimum Gasteiger partial charge on any atom is -0.368 e. The Morgan fingerprint density at radius 3 is 2.52 bits per heavy atom. The maximum absolute atomic E-state index is 13.8. The van der Waals surface area contributed by atoms with Gasteiger partial charge in [-0.25, -0.2) is 4.98 Å². The standard InChI is InChI=1S/C32H41N5O4S/c1-4-21(2)25-17-37(28-27(39)18-41-29(25)28)32(20-38,24-7-5-6-8-24)34-30(40)23-11-9-22(10-12-23)26-19-42-31(33-26)36-15-13-35(3)14-16-36/h4,9-12,19-20,24-25,28-29H,5-8,13-18H2,1-3H3,(H,34,40)/b21-4+. The number of hydrogen-bond donors (Lipinski definition) is 1. The number of likely N-dealkylation sites (N-methyl/N-ethyl adjacent to an activating group) is 1. The van der Waals surface area contributed by atoms with Crippen molar-refractivity contribution < 1.29 is 19.1 Å². The van der Waals surface area contributed by atoms with Crippen LogP contribution in [0.4, 0.5) is 5.13 Å². The first-order chi connectivity index (χ1) is 20.3. The van der Waals surface area contributed by atoms with E-state index >= 15 is 0 Å². The van der Waals surface area contributed by atoms with Gasteiger partial charge in [0.1, 0.15) is 12.6 Å². The number of rotatable bonds is 8. The second-order valence-electron chi connectivity index (χ2n) is 12.2. The second-order valence-corrected chi connectivity index (χ2v) is 13.1. The number of allylic oxidation sites excluding steroid dienone is 1. The van der Waals surface area contributed by atoms with Gasteiger partial charge in [0.25, 0.3) is 5.91 Å². The van der Waals surface area contributed by atoms with E-state index in [0.29, 0.717) is 12.1 Å². The molecule has 0 bridgehead atoms. The fraction of sp³-hybridized carbons (Fsp3) is 0.562. The zero-order chi connectivity index (χ0) is 29.4. The Morgan fingerprint density at radius 1 is 1.14 bits per heavy atom. The average molecular weight is 592 g/mol. The van der Waals surface area contributed by atoms with Crippen molar-refractivity contribution in [1.82, 2.24) is 20.1 Å². The highest BCUT2D eigenvalue weighted by Crippen LogP contribution is 2.44. The molecule has 1 saturated carbocycles. The first kappa shape index (κ1) is 29.2. The normalized spacial score (nSPS) is 27.3. The summed E-state index contributed by atoms with van der Waals surface area (Å²) in [5.41, 5.74) is 2.17. The Kier molecular flexibility index (Phi) is 8.33. The third-order valence-electron chi connectivity index (χ3n) is 9.88. The van der Waals surface area contributed by atoms with Crippen LogP contribution in [0.25, 0.3) is 11.3 Å². The third-order valence-corrected chi connectivity index (χ3v) is 10.8. The molecule has 42 heavy (non-hydrogen) atoms. The molecule has 10 heteroatoms. The van der Waals surface area contributed by atoms with E-state index in [9.17, 15) is 14.4 Å². The van der Waals surface area contributed by atoms with Crippen LogP contribution in [0.3, 0.4) is 0 Å². The van der Waals surface area contributed by atoms with Crippen LogP contribution in [0.5, 0.6) is 0 Å². The minimum absolute atomic E-state index is 0.00258. The Morgan fingerprint density at radius 2 is 1.86 bits per heavy atom. The van der Waals surface area contributed by atoms with Crippen LogP contribution in [0.1, 0.15) is 49.9 Å². The van der Waals surface area contributed by atoms with Crippen molar-refractivity contribution in [3.63, 3.8) is 0 Å². The van der Waals surface area contributed by atoms with E-state index in [2.05, 4.69) is 27.5 Å². The lowest BCUT2D eigenvalue weighted by Gasteiger charge is -2.44. The summed E-state index contributed by atoms with van der Waals surface area (Å²) in [6.07, 6.45) is 6.28. The van der Waals surface area contributed by atoms with Crippen LogP contribution >= 0.6 is 11.3 Å². The second kappa shape index (κ2) is 12.0. The number of ether oxygens (including phenoxy) is 1. The quantitative estimate of drug-likeness (QED) is 0.368. The molecular formula is C32H41N5O4S. The molecule has 224 valence electrons. The molecule has 0 spiro atoms. The molecule has 1 aromatic heterocycles. The maximum atomic E-state index is 13.8. The zero-order valence-corrected chi connectivity index (χ0v) is 25.6. The summed E-state index contributed by atoms with van der Waals surface area (Å²) in [4.78, 5) is 51.6. The number of ketones is 1. The van der Waals surface area contributed by atoms with Crippen LogP contribution in [0.15, 0.2) is 41.3 Å². The molecule has 0 radical (unpaired) electrons. The van der Waals surface area contributed by atoms with Gasteiger partial charge in [0, 0.05) is 61.1 Å². The largest absolute Gasteiger partial charge is 0.368 e. The van der Waals surface area contributed by atoms with Crippen molar-refractivity contribution in [1.29, 1.82) is 0 Å². The topological polar surface area (TPSA) is 95.1 Å². The van der Waals surface area contributed by atoms with Crippen molar-refractivity contribution in [2.24, 2.45) is 11.8 Å². The Labute approximate surface area is 251 Å². The molecule has 1 N–H and O–H groups in total. The monoisotopic (exact) mass is 591 g/mol. The summed E-state index contributed by atoms with van der Waals surface area (Å²) in [6.45, 7) is 8.55. The molecule has 1 amide bonds. The number of anilines is 1. The summed E-state index contributed by atoms with van der Waals surface area (Å²) in [6, 6.07) is 6.89. The van der Waals surface area contributed by atoms with Crippen molar-refractivity contribution in [3.8, 4) is 11.3 Å². The lowest BCUT2D eigenvalue weighted by atomic mass is 9.88. The zero-order valence-electron chi connectivity index (χ0n) is 24.8. The summed E-state index contributed by atoms with van der Waals surface area (Å²) in [5, 5.41) is 6.25. The molecule has 2 aromatic rings. The van der Waals surface area contributed by atoms with E-state index in [1.54, 1.807) is 23.5 Å². The van der Waals surface area contributed by atoms with E-state index in [0.717, 1.165) is 80.1 Å². The lowest BCUT2D eigenvalue weighted by molar-refractivity contribution is -0.131. The fourth-order valence-corrected chi connectivity index (χ4v) is 8.10. The molecule has 6 rings (SSSR count). The number of carbonyl (C=O) groups excluding carboxylic acids is 3. The van der Waals surface area contributed by atoms with Gasteiger partial charge in [-0.1, -0.05) is 36.6 Å². The number of aldehydes is 1. The number of amides is 1. The molecule has 4 unspecified atom stereocenters. The van der Waals surface area contributed by atoms with E-state index in [1.807, 2.05) is 37.0 Å². The predicted octanol–water partition coefficient (Wildman–Crippen LogP) is 3.61. The number of hydrogen-bond acceptors (Lipinski definition) is 9. The molecule has 3 aliphatic heterocycles. The number of piperazine rings is 1. The predicted molar refractivity (Wildman–Crippen MR) is 164 cm³/mol. The van der Waals surface area contributed by atoms with Crippen LogP contribution < -0.4 is 10.2 Å². The fourth-order valence-electron chi connectivity index (χ4n) is 7.21. The average Bonchev–Trinajstić information content (AvgIpc) is 3.83. The van der Waals surface area contributed by atoms with Gasteiger partial charge < -0.3 is 19.9 Å². The number of nitrogens with one attached hydrogen (secondary N) is 1. The Hall–Kier alpha value is -2.92. The van der Waals surface area contributed by atoms with Gasteiger partial charge in [-0.3, -0.25) is 19.3 Å². The molecule has 1 aromatic carbocycles. The van der Waals surface area contributed by atoms with Gasteiger partial charge in [0.15, 0.2) is 22.9 Å². The van der Waals surface area contributed by atoms with Crippen molar-refractivity contribution in [3.05, 3.63) is 46.9 Å². The summed E-state index contributed by atoms with van der Waals surface area (Å²) >= 11 is 1.64. The lowest BCUT2D eigenvalue weighted by Crippen LogP contribution is -2.68. The van der Waals surface area contributed by atoms with Crippen molar-refractivity contribution in [2.45, 2.75) is 57.3 Å². The van der Waals surface area contributed by atoms with Gasteiger partial charge in [-0.05, 0) is 45.9 Å². The molecule has 4 heterocycles. The van der Waals surface area contributed by atoms with E-state index in [-0.39, 0.29) is 36.2 Å². The SMILES string of the molecule is C/C=C(\C)C1CN(C(C=O)(NC(=O)c2ccc(-c3csc(N4CCN(C)CC4)n3)cc2)C2CCCC2)C2C(=O)COC12. The van der Waals surface area contributed by atoms with Gasteiger partial charge in [0.2, 0.25) is 0 Å². The molecule has 1 aliphatic carbocycles. The van der Waals surface area contributed by atoms with E-state index in [1.165, 1.54) is 0 Å². The van der Waals surface area contributed by atoms with Crippen molar-refractivity contribution in [2.75, 3.05) is 51.3 Å². The first-order valence-electron chi connectivity index (χ1n) is 15.2. The van der Waals surface area contributed by atoms with Crippen LogP contribution in [0.2, 0.25) is 0 Å². The van der Waals surface area contributed by atoms with E-state index < -0.39 is 11.7 Å². The summed E-state index contributed by atoms with van der Waals surface area (Å²) in [7, 11) is 2.14. The highest BCUT2D eigenvalue weighted by molar-refractivity contribution is 7.14. The van der Waals surface area contributed by atoms with Gasteiger partial charge in [0.05, 0.1) is 11.8 Å². The number of fused-ring (bicyclic) bond motifs is 1. The molecule has 4 atom stereocenters. The third kappa shape index (κ3) is 5.23. The number of aromatic nitrogens is 1. The molecule has 4 aliphatic rings. The van der Waals surface area contributed by atoms with E-state index in [4.69, 9.17) is 9.72 Å². The maximum Gasteiger partial charge on any atom is 0.253 e. The number of Topliss-reactive ketones (excluding diaryl/α,β-unsaturated/α-hetero) is 1. The van der Waals surface area contributed by atoms with Gasteiger partial charge >= 0.3 is 0 Å². The van der Waals surface area contributed by atoms with Gasteiger partial charge in [-0.15, -0.1) is 11.3 Å². The first-order valence-corrected chi connectivity index (χ1v) is 16.0. The number of likely N-dealkylation sites (tertiary alicyclic amines) is 1. The molecule has 4 fully saturated rings. The number of nitrogens with zero attached hydrogens (tertiary/aromatic N) is 4. The molecule has 3 saturated heterocycles. The van der Waals surface area contributed by atoms with Crippen LogP contribution in [0, 0.1) is 11.8 Å². The molecule has 9 nitrogen and oxygen atoms in total. The number of benzene rings is 1. The molecular weight excluding hydrogens is 550 g/mol. The van der Waals surface area contributed by atoms with Crippen LogP contribution in [-0.4, -0.2) is 96.9 Å². The number of thiazole rings is 1. The summed E-state index contributed by atoms with van der Waals surface area (Å²) < 4.78 is 5.98. The van der Waals surface area contributed by atoms with Gasteiger partial charge in [-0.2, -0.15) is 0 Å². The number of carbonyl (C=O) groups is 3. The smallest absolute Gasteiger partial charge is 0.253 e. The Bertz CT molecular complexity index is 1340. The Balaban J connectivity index is 1.24. The summed E-state index contributed by atoms with van der Waals surface area (Å²) in [5.74, 6) is -0.406. The van der Waals surface area contributed by atoms with Crippen molar-refractivity contribution >= 4 is 34.4 Å². The van der Waals surface area contributed by atoms with Crippen LogP contribution in [-0.2, 0) is 14.3 Å². The highest BCUT2D eigenvalue weighted by Gasteiger charge is 2.59. The minimum atomic E-state index is -1.27.